The molecule has 6 nitrogen and oxygen atoms in total. The molecule has 0 spiro atoms. The lowest BCUT2D eigenvalue weighted by atomic mass is 10.0. The molecule has 1 aliphatic heterocycles. The van der Waals surface area contributed by atoms with Gasteiger partial charge in [-0.3, -0.25) is 9.69 Å². The summed E-state index contributed by atoms with van der Waals surface area (Å²) in [6, 6.07) is 35.8. The zero-order valence-corrected chi connectivity index (χ0v) is 29.9. The molecule has 0 radical (unpaired) electrons. The van der Waals surface area contributed by atoms with Gasteiger partial charge in [0.2, 0.25) is 5.91 Å². The molecular formula is C41H49NO5Si. The highest BCUT2D eigenvalue weighted by atomic mass is 28.4. The number of benzene rings is 4. The van der Waals surface area contributed by atoms with Crippen molar-refractivity contribution in [1.29, 1.82) is 0 Å². The summed E-state index contributed by atoms with van der Waals surface area (Å²) in [5, 5.41) is 1.96. The lowest BCUT2D eigenvalue weighted by molar-refractivity contribution is -0.118. The zero-order valence-electron chi connectivity index (χ0n) is 28.9. The molecule has 4 aromatic carbocycles. The molecule has 4 aromatic rings. The van der Waals surface area contributed by atoms with E-state index in [-0.39, 0.29) is 23.5 Å². The minimum Gasteiger partial charge on any atom is -0.497 e. The Labute approximate surface area is 287 Å². The van der Waals surface area contributed by atoms with Gasteiger partial charge < -0.3 is 18.7 Å². The first kappa shape index (κ1) is 35.3. The van der Waals surface area contributed by atoms with Crippen LogP contribution in [0.4, 0.5) is 5.69 Å². The Morgan fingerprint density at radius 2 is 1.46 bits per heavy atom. The Bertz CT molecular complexity index is 1560. The second kappa shape index (κ2) is 15.9. The Hall–Kier alpha value is -4.04. The van der Waals surface area contributed by atoms with Crippen LogP contribution in [0.2, 0.25) is 5.04 Å². The van der Waals surface area contributed by atoms with E-state index in [9.17, 15) is 9.59 Å². The third-order valence-corrected chi connectivity index (χ3v) is 14.5. The molecule has 1 fully saturated rings. The van der Waals surface area contributed by atoms with Crippen LogP contribution in [0.25, 0.3) is 0 Å². The first-order valence-electron chi connectivity index (χ1n) is 17.1. The highest BCUT2D eigenvalue weighted by Crippen LogP contribution is 2.40. The Morgan fingerprint density at radius 3 is 1.98 bits per heavy atom. The Balaban J connectivity index is 1.40. The summed E-state index contributed by atoms with van der Waals surface area (Å²) in [4.78, 5) is 28.2. The van der Waals surface area contributed by atoms with Gasteiger partial charge in [0.1, 0.15) is 18.1 Å². The molecule has 0 aromatic heterocycles. The fourth-order valence-corrected chi connectivity index (χ4v) is 11.6. The van der Waals surface area contributed by atoms with Gasteiger partial charge in [-0.05, 0) is 57.2 Å². The SMILES string of the molecule is CCCCCC(OCc1ccc(OC)cc1)c1ccc(N2C(=O)C[C@@H](O[Si](c3ccccc3)(c3ccccc3)C(C)(C)C)[C@@H]2C=O)cc1. The van der Waals surface area contributed by atoms with Crippen LogP contribution in [-0.2, 0) is 25.4 Å². The number of ether oxygens (including phenoxy) is 2. The van der Waals surface area contributed by atoms with Gasteiger partial charge in [0.05, 0.1) is 32.3 Å². The van der Waals surface area contributed by atoms with Crippen molar-refractivity contribution in [3.63, 3.8) is 0 Å². The van der Waals surface area contributed by atoms with Crippen LogP contribution in [0, 0.1) is 0 Å². The van der Waals surface area contributed by atoms with E-state index in [0.29, 0.717) is 12.3 Å². The maximum atomic E-state index is 13.7. The van der Waals surface area contributed by atoms with Crippen molar-refractivity contribution in [3.8, 4) is 5.75 Å². The zero-order chi connectivity index (χ0) is 34.1. The van der Waals surface area contributed by atoms with Gasteiger partial charge in [0.15, 0.2) is 0 Å². The van der Waals surface area contributed by atoms with E-state index in [1.165, 1.54) is 0 Å². The fraction of sp³-hybridized carbons (Fsp3) is 0.366. The number of methoxy groups -OCH3 is 1. The summed E-state index contributed by atoms with van der Waals surface area (Å²) >= 11 is 0. The monoisotopic (exact) mass is 663 g/mol. The molecule has 1 amide bonds. The number of hydrogen-bond acceptors (Lipinski definition) is 5. The van der Waals surface area contributed by atoms with Crippen LogP contribution in [0.1, 0.15) is 77.0 Å². The quantitative estimate of drug-likeness (QED) is 0.0739. The normalized spacial score (nSPS) is 17.4. The smallest absolute Gasteiger partial charge is 0.261 e. The molecule has 0 saturated carbocycles. The number of nitrogens with zero attached hydrogens (tertiary/aromatic N) is 1. The molecule has 0 aliphatic carbocycles. The molecule has 1 saturated heterocycles. The van der Waals surface area contributed by atoms with E-state index < -0.39 is 20.5 Å². The minimum atomic E-state index is -2.98. The van der Waals surface area contributed by atoms with Crippen LogP contribution >= 0.6 is 0 Å². The molecule has 3 atom stereocenters. The number of anilines is 1. The maximum Gasteiger partial charge on any atom is 0.261 e. The highest BCUT2D eigenvalue weighted by Gasteiger charge is 2.54. The number of hydrogen-bond donors (Lipinski definition) is 0. The van der Waals surface area contributed by atoms with Gasteiger partial charge in [0.25, 0.3) is 8.32 Å². The second-order valence-electron chi connectivity index (χ2n) is 13.6. The number of carbonyl (C=O) groups excluding carboxylic acids is 2. The molecule has 1 heterocycles. The molecule has 1 aliphatic rings. The summed E-state index contributed by atoms with van der Waals surface area (Å²) < 4.78 is 19.0. The predicted octanol–water partition coefficient (Wildman–Crippen LogP) is 7.78. The first-order valence-corrected chi connectivity index (χ1v) is 19.0. The number of amides is 1. The van der Waals surface area contributed by atoms with E-state index >= 15 is 0 Å². The van der Waals surface area contributed by atoms with Crippen molar-refractivity contribution >= 4 is 36.6 Å². The largest absolute Gasteiger partial charge is 0.497 e. The fourth-order valence-electron chi connectivity index (χ4n) is 6.91. The van der Waals surface area contributed by atoms with Crippen molar-refractivity contribution in [2.75, 3.05) is 12.0 Å². The molecule has 252 valence electrons. The van der Waals surface area contributed by atoms with E-state index in [2.05, 4.69) is 52.0 Å². The Morgan fingerprint density at radius 1 is 0.854 bits per heavy atom. The summed E-state index contributed by atoms with van der Waals surface area (Å²) in [6.45, 7) is 9.30. The van der Waals surface area contributed by atoms with E-state index in [1.807, 2.05) is 84.9 Å². The third-order valence-electron chi connectivity index (χ3n) is 9.43. The van der Waals surface area contributed by atoms with Gasteiger partial charge in [0, 0.05) is 5.69 Å². The van der Waals surface area contributed by atoms with Crippen molar-refractivity contribution in [3.05, 3.63) is 120 Å². The Kier molecular flexibility index (Phi) is 11.7. The van der Waals surface area contributed by atoms with E-state index in [0.717, 1.165) is 59.2 Å². The summed E-state index contributed by atoms with van der Waals surface area (Å²) in [7, 11) is -1.31. The minimum absolute atomic E-state index is 0.0879. The highest BCUT2D eigenvalue weighted by molar-refractivity contribution is 6.99. The van der Waals surface area contributed by atoms with E-state index in [1.54, 1.807) is 12.0 Å². The van der Waals surface area contributed by atoms with Crippen molar-refractivity contribution in [1.82, 2.24) is 0 Å². The van der Waals surface area contributed by atoms with Gasteiger partial charge in [-0.25, -0.2) is 0 Å². The summed E-state index contributed by atoms with van der Waals surface area (Å²) in [5.41, 5.74) is 2.82. The van der Waals surface area contributed by atoms with Gasteiger partial charge >= 0.3 is 0 Å². The van der Waals surface area contributed by atoms with Crippen LogP contribution in [-0.4, -0.2) is 39.8 Å². The molecule has 5 rings (SSSR count). The summed E-state index contributed by atoms with van der Waals surface area (Å²) in [5.74, 6) is 0.705. The van der Waals surface area contributed by atoms with Crippen LogP contribution in [0.15, 0.2) is 109 Å². The average molecular weight is 664 g/mol. The number of aldehydes is 1. The molecule has 7 heteroatoms. The standard InChI is InChI=1S/C41H49NO5Si/c1-6-7-10-19-38(46-30-31-20-26-34(45-5)27-21-31)32-22-24-33(25-23-32)42-37(29-43)39(28-40(42)44)47-48(41(2,3)4,35-15-11-8-12-16-35)36-17-13-9-14-18-36/h8-9,11-18,20-27,29,37-39H,6-7,10,19,28,30H2,1-5H3/t37-,38?,39+/m0/s1. The van der Waals surface area contributed by atoms with Crippen molar-refractivity contribution in [2.45, 2.75) is 89.7 Å². The van der Waals surface area contributed by atoms with Crippen LogP contribution in [0.5, 0.6) is 5.75 Å². The van der Waals surface area contributed by atoms with Crippen molar-refractivity contribution < 1.29 is 23.5 Å². The predicted molar refractivity (Wildman–Crippen MR) is 196 cm³/mol. The molecule has 0 N–H and O–H groups in total. The molecule has 0 bridgehead atoms. The van der Waals surface area contributed by atoms with Crippen molar-refractivity contribution in [2.24, 2.45) is 0 Å². The number of carbonyl (C=O) groups is 2. The lowest BCUT2D eigenvalue weighted by Crippen LogP contribution is -2.68. The van der Waals surface area contributed by atoms with Crippen LogP contribution in [0.3, 0.4) is 0 Å². The molecular weight excluding hydrogens is 615 g/mol. The maximum absolute atomic E-state index is 13.7. The molecule has 48 heavy (non-hydrogen) atoms. The van der Waals surface area contributed by atoms with Gasteiger partial charge in [-0.1, -0.05) is 132 Å². The van der Waals surface area contributed by atoms with Crippen LogP contribution < -0.4 is 20.0 Å². The topological polar surface area (TPSA) is 65.1 Å². The van der Waals surface area contributed by atoms with E-state index in [4.69, 9.17) is 13.9 Å². The number of unbranched alkanes of at least 4 members (excludes halogenated alkanes) is 2. The second-order valence-corrected chi connectivity index (χ2v) is 17.9. The average Bonchev–Trinajstić information content (AvgIpc) is 3.43. The summed E-state index contributed by atoms with van der Waals surface area (Å²) in [6.07, 6.45) is 4.57. The first-order chi connectivity index (χ1) is 23.2. The lowest BCUT2D eigenvalue weighted by Gasteiger charge is -2.45. The molecule has 1 unspecified atom stereocenters. The number of rotatable bonds is 15. The van der Waals surface area contributed by atoms with Gasteiger partial charge in [-0.2, -0.15) is 0 Å². The van der Waals surface area contributed by atoms with Gasteiger partial charge in [-0.15, -0.1) is 0 Å². The third kappa shape index (κ3) is 7.64.